The van der Waals surface area contributed by atoms with Crippen molar-refractivity contribution in [1.82, 2.24) is 15.0 Å². The van der Waals surface area contributed by atoms with Crippen LogP contribution >= 0.6 is 11.8 Å². The van der Waals surface area contributed by atoms with Gasteiger partial charge in [-0.1, -0.05) is 6.07 Å². The normalized spacial score (nSPS) is 11.0. The smallest absolute Gasteiger partial charge is 0.251 e. The van der Waals surface area contributed by atoms with Crippen LogP contribution in [0.5, 0.6) is 0 Å². The van der Waals surface area contributed by atoms with Crippen LogP contribution in [0.3, 0.4) is 0 Å². The standard InChI is InChI=1S/C18H20N4OS/c1-11-8-17(21-15-10-13(24-3)4-5-14(11)15)19-7-6-16-20-12(2)9-18(23)22-16/h4-5,8-10H,6-7H2,1-3H3,(H,19,21)(H,20,22,23). The molecular formula is C18H20N4OS. The van der Waals surface area contributed by atoms with Crippen molar-refractivity contribution in [3.63, 3.8) is 0 Å². The predicted molar refractivity (Wildman–Crippen MR) is 100 cm³/mol. The lowest BCUT2D eigenvalue weighted by atomic mass is 10.1. The number of nitrogens with zero attached hydrogens (tertiary/aromatic N) is 2. The predicted octanol–water partition coefficient (Wildman–Crippen LogP) is 3.31. The molecule has 2 heterocycles. The Morgan fingerprint density at radius 2 is 2.00 bits per heavy atom. The molecular weight excluding hydrogens is 320 g/mol. The van der Waals surface area contributed by atoms with Gasteiger partial charge in [0.15, 0.2) is 0 Å². The molecule has 0 saturated heterocycles. The maximum Gasteiger partial charge on any atom is 0.251 e. The Kier molecular flexibility index (Phi) is 4.85. The first-order valence-corrected chi connectivity index (χ1v) is 9.04. The molecule has 0 unspecified atom stereocenters. The molecule has 0 aliphatic carbocycles. The van der Waals surface area contributed by atoms with Gasteiger partial charge < -0.3 is 10.3 Å². The minimum Gasteiger partial charge on any atom is -0.370 e. The highest BCUT2D eigenvalue weighted by molar-refractivity contribution is 7.98. The second kappa shape index (κ2) is 7.05. The Balaban J connectivity index is 1.76. The molecule has 0 atom stereocenters. The summed E-state index contributed by atoms with van der Waals surface area (Å²) in [6.07, 6.45) is 2.70. The van der Waals surface area contributed by atoms with Crippen molar-refractivity contribution >= 4 is 28.5 Å². The molecule has 124 valence electrons. The largest absolute Gasteiger partial charge is 0.370 e. The van der Waals surface area contributed by atoms with Gasteiger partial charge in [-0.05, 0) is 43.9 Å². The van der Waals surface area contributed by atoms with Crippen LogP contribution in [0.1, 0.15) is 17.1 Å². The van der Waals surface area contributed by atoms with Gasteiger partial charge >= 0.3 is 0 Å². The Hall–Kier alpha value is -2.34. The Morgan fingerprint density at radius 1 is 1.17 bits per heavy atom. The molecule has 6 heteroatoms. The summed E-state index contributed by atoms with van der Waals surface area (Å²) in [5, 5.41) is 4.49. The highest BCUT2D eigenvalue weighted by Crippen LogP contribution is 2.24. The topological polar surface area (TPSA) is 70.7 Å². The number of hydrogen-bond donors (Lipinski definition) is 2. The van der Waals surface area contributed by atoms with Crippen molar-refractivity contribution in [2.45, 2.75) is 25.2 Å². The van der Waals surface area contributed by atoms with Crippen molar-refractivity contribution in [3.8, 4) is 0 Å². The van der Waals surface area contributed by atoms with Gasteiger partial charge in [0.25, 0.3) is 5.56 Å². The minimum absolute atomic E-state index is 0.109. The van der Waals surface area contributed by atoms with Crippen molar-refractivity contribution in [1.29, 1.82) is 0 Å². The molecule has 0 spiro atoms. The number of nitrogens with one attached hydrogen (secondary N) is 2. The quantitative estimate of drug-likeness (QED) is 0.697. The van der Waals surface area contributed by atoms with Crippen LogP contribution < -0.4 is 10.9 Å². The van der Waals surface area contributed by atoms with Crippen LogP contribution in [0.4, 0.5) is 5.82 Å². The van der Waals surface area contributed by atoms with E-state index in [-0.39, 0.29) is 5.56 Å². The van der Waals surface area contributed by atoms with Crippen LogP contribution in [0, 0.1) is 13.8 Å². The van der Waals surface area contributed by atoms with Gasteiger partial charge in [-0.3, -0.25) is 4.79 Å². The third kappa shape index (κ3) is 3.76. The monoisotopic (exact) mass is 340 g/mol. The molecule has 2 aromatic heterocycles. The van der Waals surface area contributed by atoms with Crippen LogP contribution in [-0.4, -0.2) is 27.8 Å². The van der Waals surface area contributed by atoms with Gasteiger partial charge in [-0.2, -0.15) is 0 Å². The number of aryl methyl sites for hydroxylation is 2. The van der Waals surface area contributed by atoms with E-state index in [4.69, 9.17) is 4.98 Å². The Morgan fingerprint density at radius 3 is 2.75 bits per heavy atom. The van der Waals surface area contributed by atoms with E-state index in [0.29, 0.717) is 18.8 Å². The zero-order chi connectivity index (χ0) is 17.1. The summed E-state index contributed by atoms with van der Waals surface area (Å²) in [7, 11) is 0. The first-order chi connectivity index (χ1) is 11.5. The van der Waals surface area contributed by atoms with E-state index in [2.05, 4.69) is 46.7 Å². The van der Waals surface area contributed by atoms with Gasteiger partial charge in [-0.25, -0.2) is 9.97 Å². The number of anilines is 1. The molecule has 24 heavy (non-hydrogen) atoms. The number of aromatic amines is 1. The summed E-state index contributed by atoms with van der Waals surface area (Å²) in [6.45, 7) is 4.57. The second-order valence-electron chi connectivity index (χ2n) is 5.72. The number of rotatable bonds is 5. The van der Waals surface area contributed by atoms with Crippen molar-refractivity contribution in [3.05, 3.63) is 57.8 Å². The molecule has 3 rings (SSSR count). The van der Waals surface area contributed by atoms with Crippen LogP contribution in [-0.2, 0) is 6.42 Å². The summed E-state index contributed by atoms with van der Waals surface area (Å²) in [4.78, 5) is 24.5. The molecule has 3 aromatic rings. The summed E-state index contributed by atoms with van der Waals surface area (Å²) in [5.41, 5.74) is 2.81. The lowest BCUT2D eigenvalue weighted by Gasteiger charge is -2.10. The zero-order valence-electron chi connectivity index (χ0n) is 14.0. The van der Waals surface area contributed by atoms with Crippen molar-refractivity contribution in [2.75, 3.05) is 18.1 Å². The minimum atomic E-state index is -0.109. The number of thioether (sulfide) groups is 1. The Labute approximate surface area is 144 Å². The average Bonchev–Trinajstić information content (AvgIpc) is 2.53. The third-order valence-corrected chi connectivity index (χ3v) is 4.54. The van der Waals surface area contributed by atoms with Gasteiger partial charge in [0.2, 0.25) is 0 Å². The SMILES string of the molecule is CSc1ccc2c(C)cc(NCCc3nc(C)cc(=O)[nH]3)nc2c1. The van der Waals surface area contributed by atoms with E-state index in [1.165, 1.54) is 21.9 Å². The number of aromatic nitrogens is 3. The lowest BCUT2D eigenvalue weighted by molar-refractivity contribution is 0.862. The Bertz CT molecular complexity index is 936. The van der Waals surface area contributed by atoms with E-state index in [1.807, 2.05) is 13.0 Å². The number of fused-ring (bicyclic) bond motifs is 1. The van der Waals surface area contributed by atoms with Gasteiger partial charge in [0.05, 0.1) is 5.52 Å². The highest BCUT2D eigenvalue weighted by Gasteiger charge is 2.05. The highest BCUT2D eigenvalue weighted by atomic mass is 32.2. The fraction of sp³-hybridized carbons (Fsp3) is 0.278. The molecule has 0 saturated carbocycles. The van der Waals surface area contributed by atoms with Gasteiger partial charge in [0, 0.05) is 35.0 Å². The first kappa shape index (κ1) is 16.5. The maximum atomic E-state index is 11.5. The number of H-pyrrole nitrogens is 1. The molecule has 1 aromatic carbocycles. The molecule has 2 N–H and O–H groups in total. The molecule has 5 nitrogen and oxygen atoms in total. The molecule has 0 aliphatic rings. The van der Waals surface area contributed by atoms with Gasteiger partial charge in [0.1, 0.15) is 11.6 Å². The van der Waals surface area contributed by atoms with E-state index in [0.717, 1.165) is 17.0 Å². The van der Waals surface area contributed by atoms with E-state index in [1.54, 1.807) is 11.8 Å². The second-order valence-corrected chi connectivity index (χ2v) is 6.60. The maximum absolute atomic E-state index is 11.5. The van der Waals surface area contributed by atoms with Crippen molar-refractivity contribution in [2.24, 2.45) is 0 Å². The number of benzene rings is 1. The van der Waals surface area contributed by atoms with Crippen LogP contribution in [0.25, 0.3) is 10.9 Å². The molecule has 0 fully saturated rings. The summed E-state index contributed by atoms with van der Waals surface area (Å²) >= 11 is 1.71. The van der Waals surface area contributed by atoms with Crippen LogP contribution in [0.2, 0.25) is 0 Å². The average molecular weight is 340 g/mol. The van der Waals surface area contributed by atoms with Crippen molar-refractivity contribution < 1.29 is 0 Å². The molecule has 0 radical (unpaired) electrons. The summed E-state index contributed by atoms with van der Waals surface area (Å²) in [5.74, 6) is 1.53. The van der Waals surface area contributed by atoms with E-state index < -0.39 is 0 Å². The summed E-state index contributed by atoms with van der Waals surface area (Å²) < 4.78 is 0. The van der Waals surface area contributed by atoms with Crippen LogP contribution in [0.15, 0.2) is 40.0 Å². The van der Waals surface area contributed by atoms with E-state index >= 15 is 0 Å². The molecule has 0 bridgehead atoms. The van der Waals surface area contributed by atoms with Gasteiger partial charge in [-0.15, -0.1) is 11.8 Å². The number of pyridine rings is 1. The zero-order valence-corrected chi connectivity index (χ0v) is 14.8. The molecule has 0 aliphatic heterocycles. The summed E-state index contributed by atoms with van der Waals surface area (Å²) in [6, 6.07) is 9.89. The van der Waals surface area contributed by atoms with E-state index in [9.17, 15) is 4.79 Å². The molecule has 0 amide bonds. The lowest BCUT2D eigenvalue weighted by Crippen LogP contribution is -2.15. The first-order valence-electron chi connectivity index (χ1n) is 7.81. The fourth-order valence-electron chi connectivity index (χ4n) is 2.67. The fourth-order valence-corrected chi connectivity index (χ4v) is 3.10. The third-order valence-electron chi connectivity index (χ3n) is 3.81. The number of hydrogen-bond acceptors (Lipinski definition) is 5.